The van der Waals surface area contributed by atoms with Gasteiger partial charge < -0.3 is 9.84 Å². The van der Waals surface area contributed by atoms with Crippen LogP contribution in [0.4, 0.5) is 0 Å². The zero-order valence-corrected chi connectivity index (χ0v) is 10.0. The highest BCUT2D eigenvalue weighted by Crippen LogP contribution is 2.14. The summed E-state index contributed by atoms with van der Waals surface area (Å²) in [5.74, 6) is 1.55. The summed E-state index contributed by atoms with van der Waals surface area (Å²) in [6.07, 6.45) is 0. The fourth-order valence-electron chi connectivity index (χ4n) is 1.12. The lowest BCUT2D eigenvalue weighted by atomic mass is 10.2. The molecule has 0 saturated heterocycles. The zero-order chi connectivity index (χ0) is 11.8. The number of hydrogen-bond donors (Lipinski definition) is 1. The number of thioether (sulfide) groups is 1. The Balaban J connectivity index is 2.29. The number of hydrogen-bond acceptors (Lipinski definition) is 4. The lowest BCUT2D eigenvalue weighted by molar-refractivity contribution is 0.299. The number of nitrogens with zero attached hydrogens (tertiary/aromatic N) is 1. The molecule has 1 aromatic rings. The molecule has 1 aromatic carbocycles. The van der Waals surface area contributed by atoms with Crippen LogP contribution in [0.2, 0.25) is 0 Å². The van der Waals surface area contributed by atoms with Crippen LogP contribution in [0.3, 0.4) is 0 Å². The number of aliphatic hydroxyl groups is 1. The van der Waals surface area contributed by atoms with Gasteiger partial charge in [-0.3, -0.25) is 0 Å². The van der Waals surface area contributed by atoms with Crippen LogP contribution in [-0.2, 0) is 0 Å². The predicted octanol–water partition coefficient (Wildman–Crippen LogP) is 2.05. The first kappa shape index (κ1) is 12.9. The van der Waals surface area contributed by atoms with E-state index in [2.05, 4.69) is 6.07 Å². The normalized spacial score (nSPS) is 11.8. The van der Waals surface area contributed by atoms with Crippen LogP contribution in [0.5, 0.6) is 5.75 Å². The van der Waals surface area contributed by atoms with E-state index in [0.29, 0.717) is 12.2 Å². The van der Waals surface area contributed by atoms with Gasteiger partial charge in [-0.1, -0.05) is 13.0 Å². The van der Waals surface area contributed by atoms with E-state index in [-0.39, 0.29) is 11.9 Å². The summed E-state index contributed by atoms with van der Waals surface area (Å²) in [7, 11) is 0. The Morgan fingerprint density at radius 1 is 1.56 bits per heavy atom. The second-order valence-corrected chi connectivity index (χ2v) is 4.90. The van der Waals surface area contributed by atoms with Gasteiger partial charge in [0, 0.05) is 11.0 Å². The number of benzene rings is 1. The van der Waals surface area contributed by atoms with Crippen molar-refractivity contribution in [3.63, 3.8) is 0 Å². The SMILES string of the molecule is C[C@@H](CO)SCCOc1cccc(C#N)c1. The predicted molar refractivity (Wildman–Crippen MR) is 65.7 cm³/mol. The highest BCUT2D eigenvalue weighted by atomic mass is 32.2. The molecule has 1 atom stereocenters. The maximum Gasteiger partial charge on any atom is 0.120 e. The molecule has 16 heavy (non-hydrogen) atoms. The number of nitriles is 1. The quantitative estimate of drug-likeness (QED) is 0.769. The van der Waals surface area contributed by atoms with Crippen molar-refractivity contribution in [2.24, 2.45) is 0 Å². The van der Waals surface area contributed by atoms with E-state index in [1.54, 1.807) is 30.0 Å². The minimum absolute atomic E-state index is 0.189. The number of aliphatic hydroxyl groups excluding tert-OH is 1. The number of rotatable bonds is 6. The van der Waals surface area contributed by atoms with Crippen molar-refractivity contribution in [1.29, 1.82) is 5.26 Å². The summed E-state index contributed by atoms with van der Waals surface area (Å²) in [6, 6.07) is 9.17. The van der Waals surface area contributed by atoms with Gasteiger partial charge >= 0.3 is 0 Å². The van der Waals surface area contributed by atoms with Crippen LogP contribution in [0.1, 0.15) is 12.5 Å². The summed E-state index contributed by atoms with van der Waals surface area (Å²) in [4.78, 5) is 0. The molecular weight excluding hydrogens is 222 g/mol. The topological polar surface area (TPSA) is 53.2 Å². The van der Waals surface area contributed by atoms with E-state index in [0.717, 1.165) is 11.5 Å². The second kappa shape index (κ2) is 7.15. The highest BCUT2D eigenvalue weighted by molar-refractivity contribution is 7.99. The van der Waals surface area contributed by atoms with Gasteiger partial charge in [-0.2, -0.15) is 17.0 Å². The molecular formula is C12H15NO2S. The van der Waals surface area contributed by atoms with Gasteiger partial charge in [-0.05, 0) is 18.2 Å². The zero-order valence-electron chi connectivity index (χ0n) is 9.22. The summed E-state index contributed by atoms with van der Waals surface area (Å²) in [6.45, 7) is 2.75. The Hall–Kier alpha value is -1.18. The molecule has 0 spiro atoms. The highest BCUT2D eigenvalue weighted by Gasteiger charge is 2.00. The molecule has 0 saturated carbocycles. The van der Waals surface area contributed by atoms with Gasteiger partial charge in [0.05, 0.1) is 24.8 Å². The molecule has 0 radical (unpaired) electrons. The largest absolute Gasteiger partial charge is 0.493 e. The standard InChI is InChI=1S/C12H15NO2S/c1-10(9-14)16-6-5-15-12-4-2-3-11(7-12)8-13/h2-4,7,10,14H,5-6,9H2,1H3/t10-/m0/s1. The molecule has 0 bridgehead atoms. The first-order valence-corrected chi connectivity index (χ1v) is 6.16. The third kappa shape index (κ3) is 4.56. The maximum atomic E-state index is 8.82. The van der Waals surface area contributed by atoms with E-state index in [1.807, 2.05) is 13.0 Å². The molecule has 0 aromatic heterocycles. The fraction of sp³-hybridized carbons (Fsp3) is 0.417. The van der Waals surface area contributed by atoms with E-state index < -0.39 is 0 Å². The Kier molecular flexibility index (Phi) is 5.76. The molecule has 0 aliphatic heterocycles. The molecule has 4 heteroatoms. The Morgan fingerprint density at radius 3 is 3.06 bits per heavy atom. The van der Waals surface area contributed by atoms with Crippen molar-refractivity contribution < 1.29 is 9.84 Å². The van der Waals surface area contributed by atoms with Crippen LogP contribution >= 0.6 is 11.8 Å². The molecule has 0 aliphatic rings. The third-order valence-corrected chi connectivity index (χ3v) is 3.10. The van der Waals surface area contributed by atoms with Crippen LogP contribution in [0.25, 0.3) is 0 Å². The minimum atomic E-state index is 0.189. The molecule has 0 amide bonds. The van der Waals surface area contributed by atoms with E-state index in [1.165, 1.54) is 0 Å². The van der Waals surface area contributed by atoms with Gasteiger partial charge in [0.15, 0.2) is 0 Å². The Labute approximate surface area is 100 Å². The smallest absolute Gasteiger partial charge is 0.120 e. The van der Waals surface area contributed by atoms with Crippen molar-refractivity contribution in [1.82, 2.24) is 0 Å². The summed E-state index contributed by atoms with van der Waals surface area (Å²) in [5.41, 5.74) is 0.605. The van der Waals surface area contributed by atoms with Crippen LogP contribution < -0.4 is 4.74 Å². The average Bonchev–Trinajstić information content (AvgIpc) is 2.34. The van der Waals surface area contributed by atoms with Crippen molar-refractivity contribution in [3.8, 4) is 11.8 Å². The van der Waals surface area contributed by atoms with Gasteiger partial charge in [-0.15, -0.1) is 0 Å². The summed E-state index contributed by atoms with van der Waals surface area (Å²) in [5, 5.41) is 17.8. The minimum Gasteiger partial charge on any atom is -0.493 e. The molecule has 1 rings (SSSR count). The monoisotopic (exact) mass is 237 g/mol. The fourth-order valence-corrected chi connectivity index (χ4v) is 1.80. The van der Waals surface area contributed by atoms with Crippen LogP contribution in [0.15, 0.2) is 24.3 Å². The van der Waals surface area contributed by atoms with E-state index in [9.17, 15) is 0 Å². The maximum absolute atomic E-state index is 8.82. The van der Waals surface area contributed by atoms with Crippen molar-refractivity contribution in [2.75, 3.05) is 19.0 Å². The molecule has 1 N–H and O–H groups in total. The van der Waals surface area contributed by atoms with Crippen LogP contribution in [0, 0.1) is 11.3 Å². The van der Waals surface area contributed by atoms with Gasteiger partial charge in [0.25, 0.3) is 0 Å². The molecule has 0 aliphatic carbocycles. The summed E-state index contributed by atoms with van der Waals surface area (Å²) >= 11 is 1.67. The number of ether oxygens (including phenoxy) is 1. The first-order chi connectivity index (χ1) is 7.76. The Bertz CT molecular complexity index is 362. The van der Waals surface area contributed by atoms with E-state index in [4.69, 9.17) is 15.1 Å². The average molecular weight is 237 g/mol. The van der Waals surface area contributed by atoms with E-state index >= 15 is 0 Å². The van der Waals surface area contributed by atoms with Gasteiger partial charge in [0.1, 0.15) is 5.75 Å². The van der Waals surface area contributed by atoms with Crippen molar-refractivity contribution in [2.45, 2.75) is 12.2 Å². The van der Waals surface area contributed by atoms with Crippen molar-refractivity contribution >= 4 is 11.8 Å². The lowest BCUT2D eigenvalue weighted by Crippen LogP contribution is -2.07. The first-order valence-electron chi connectivity index (χ1n) is 5.11. The van der Waals surface area contributed by atoms with Gasteiger partial charge in [0.2, 0.25) is 0 Å². The molecule has 0 heterocycles. The van der Waals surface area contributed by atoms with Gasteiger partial charge in [-0.25, -0.2) is 0 Å². The summed E-state index contributed by atoms with van der Waals surface area (Å²) < 4.78 is 5.49. The second-order valence-electron chi connectivity index (χ2n) is 3.35. The van der Waals surface area contributed by atoms with Crippen molar-refractivity contribution in [3.05, 3.63) is 29.8 Å². The molecule has 0 unspecified atom stereocenters. The molecule has 0 fully saturated rings. The third-order valence-electron chi connectivity index (χ3n) is 1.97. The Morgan fingerprint density at radius 2 is 2.38 bits per heavy atom. The molecule has 86 valence electrons. The lowest BCUT2D eigenvalue weighted by Gasteiger charge is -2.09. The molecule has 3 nitrogen and oxygen atoms in total. The van der Waals surface area contributed by atoms with Crippen LogP contribution in [-0.4, -0.2) is 29.3 Å².